The second-order valence-electron chi connectivity index (χ2n) is 6.26. The first kappa shape index (κ1) is 23.6. The molecular weight excluding hydrogens is 397 g/mol. The Morgan fingerprint density at radius 3 is 2.29 bits per heavy atom. The van der Waals surface area contributed by atoms with E-state index >= 15 is 0 Å². The number of likely N-dealkylation sites (N-methyl/N-ethyl adjacent to an activating group) is 1. The van der Waals surface area contributed by atoms with Gasteiger partial charge in [0.05, 0.1) is 12.2 Å². The minimum Gasteiger partial charge on any atom is -0.348 e. The van der Waals surface area contributed by atoms with Crippen LogP contribution in [0.5, 0.6) is 0 Å². The number of nitrogens with zero attached hydrogens (tertiary/aromatic N) is 3. The summed E-state index contributed by atoms with van der Waals surface area (Å²) in [6.07, 6.45) is 7.14. The zero-order chi connectivity index (χ0) is 18.5. The van der Waals surface area contributed by atoms with E-state index < -0.39 is 6.04 Å². The van der Waals surface area contributed by atoms with E-state index in [1.54, 1.807) is 24.1 Å². The van der Waals surface area contributed by atoms with Gasteiger partial charge in [-0.1, -0.05) is 30.3 Å². The predicted molar refractivity (Wildman–Crippen MR) is 116 cm³/mol. The fourth-order valence-corrected chi connectivity index (χ4v) is 2.92. The highest BCUT2D eigenvalue weighted by Crippen LogP contribution is 2.22. The number of halogens is 2. The van der Waals surface area contributed by atoms with Crippen LogP contribution in [0.4, 0.5) is 0 Å². The van der Waals surface area contributed by atoms with Crippen LogP contribution in [-0.4, -0.2) is 27.7 Å². The van der Waals surface area contributed by atoms with E-state index in [0.29, 0.717) is 0 Å². The van der Waals surface area contributed by atoms with Gasteiger partial charge in [-0.3, -0.25) is 14.5 Å². The minimum atomic E-state index is -0.430. The first-order valence-electron chi connectivity index (χ1n) is 8.55. The summed E-state index contributed by atoms with van der Waals surface area (Å²) in [5.74, 6) is -0.0793. The minimum absolute atomic E-state index is 0. The molecule has 0 aliphatic rings. The van der Waals surface area contributed by atoms with Crippen LogP contribution in [0.2, 0.25) is 0 Å². The normalized spacial score (nSPS) is 12.2. The van der Waals surface area contributed by atoms with Crippen molar-refractivity contribution in [3.63, 3.8) is 0 Å². The molecule has 2 unspecified atom stereocenters. The van der Waals surface area contributed by atoms with Gasteiger partial charge in [0, 0.05) is 31.2 Å². The van der Waals surface area contributed by atoms with Crippen molar-refractivity contribution < 1.29 is 4.79 Å². The average molecular weight is 422 g/mol. The van der Waals surface area contributed by atoms with Gasteiger partial charge in [0.1, 0.15) is 6.04 Å². The summed E-state index contributed by atoms with van der Waals surface area (Å²) in [6, 6.07) is 11.6. The molecule has 0 saturated heterocycles. The van der Waals surface area contributed by atoms with Gasteiger partial charge >= 0.3 is 0 Å². The van der Waals surface area contributed by atoms with Gasteiger partial charge in [0.2, 0.25) is 5.91 Å². The lowest BCUT2D eigenvalue weighted by Gasteiger charge is -2.19. The van der Waals surface area contributed by atoms with Crippen molar-refractivity contribution in [1.29, 1.82) is 0 Å². The molecule has 8 heteroatoms. The molecule has 0 saturated carbocycles. The molecule has 0 fully saturated rings. The summed E-state index contributed by atoms with van der Waals surface area (Å²) in [5, 5.41) is 10.2. The van der Waals surface area contributed by atoms with E-state index in [-0.39, 0.29) is 36.8 Å². The van der Waals surface area contributed by atoms with E-state index in [9.17, 15) is 4.79 Å². The fraction of sp³-hybridized carbons (Fsp3) is 0.250. The second-order valence-corrected chi connectivity index (χ2v) is 6.26. The van der Waals surface area contributed by atoms with Crippen molar-refractivity contribution in [2.75, 3.05) is 7.05 Å². The first-order chi connectivity index (χ1) is 12.6. The Morgan fingerprint density at radius 1 is 1.04 bits per heavy atom. The number of hydrogen-bond acceptors (Lipinski definition) is 4. The van der Waals surface area contributed by atoms with Crippen molar-refractivity contribution in [3.05, 3.63) is 72.3 Å². The van der Waals surface area contributed by atoms with Crippen LogP contribution in [0.1, 0.15) is 30.1 Å². The number of aromatic nitrogens is 3. The summed E-state index contributed by atoms with van der Waals surface area (Å²) >= 11 is 0. The predicted octanol–water partition coefficient (Wildman–Crippen LogP) is 3.46. The Kier molecular flexibility index (Phi) is 9.12. The highest BCUT2D eigenvalue weighted by atomic mass is 35.5. The molecule has 0 radical (unpaired) electrons. The SMILES string of the molecule is CNC(C(=O)NC(C)c1ccc(-c2cccnc2)cc1)c1cnn(C)c1.Cl.Cl. The Labute approximate surface area is 177 Å². The first-order valence-corrected chi connectivity index (χ1v) is 8.55. The Hall–Kier alpha value is -2.41. The zero-order valence-electron chi connectivity index (χ0n) is 16.0. The third kappa shape index (κ3) is 5.55. The number of benzene rings is 1. The van der Waals surface area contributed by atoms with Crippen molar-refractivity contribution >= 4 is 30.7 Å². The van der Waals surface area contributed by atoms with Crippen LogP contribution in [0.25, 0.3) is 11.1 Å². The van der Waals surface area contributed by atoms with Gasteiger partial charge in [-0.05, 0) is 36.7 Å². The molecule has 0 bridgehead atoms. The molecule has 2 aromatic heterocycles. The lowest BCUT2D eigenvalue weighted by molar-refractivity contribution is -0.123. The van der Waals surface area contributed by atoms with Gasteiger partial charge in [0.25, 0.3) is 0 Å². The van der Waals surface area contributed by atoms with Gasteiger partial charge in [0.15, 0.2) is 0 Å². The topological polar surface area (TPSA) is 71.8 Å². The van der Waals surface area contributed by atoms with Crippen molar-refractivity contribution in [1.82, 2.24) is 25.4 Å². The molecule has 0 spiro atoms. The van der Waals surface area contributed by atoms with Crippen LogP contribution >= 0.6 is 24.8 Å². The van der Waals surface area contributed by atoms with E-state index in [1.807, 2.05) is 62.8 Å². The monoisotopic (exact) mass is 421 g/mol. The molecule has 28 heavy (non-hydrogen) atoms. The third-order valence-electron chi connectivity index (χ3n) is 4.37. The molecule has 3 aromatic rings. The standard InChI is InChI=1S/C20H23N5O.2ClH/c1-14(24-20(26)19(21-2)18-12-23-25(3)13-18)15-6-8-16(9-7-15)17-5-4-10-22-11-17;;/h4-14,19,21H,1-3H3,(H,24,26);2*1H. The van der Waals surface area contributed by atoms with Gasteiger partial charge in [-0.25, -0.2) is 0 Å². The molecule has 1 amide bonds. The van der Waals surface area contributed by atoms with Crippen molar-refractivity contribution in [3.8, 4) is 11.1 Å². The van der Waals surface area contributed by atoms with Crippen LogP contribution < -0.4 is 10.6 Å². The third-order valence-corrected chi connectivity index (χ3v) is 4.37. The molecule has 0 aliphatic heterocycles. The second kappa shape index (κ2) is 10.8. The fourth-order valence-electron chi connectivity index (χ4n) is 2.92. The number of carbonyl (C=O) groups is 1. The molecule has 2 N–H and O–H groups in total. The summed E-state index contributed by atoms with van der Waals surface area (Å²) < 4.78 is 1.69. The Balaban J connectivity index is 0.00000196. The van der Waals surface area contributed by atoms with E-state index in [0.717, 1.165) is 22.3 Å². The number of rotatable bonds is 6. The number of carbonyl (C=O) groups excluding carboxylic acids is 1. The number of hydrogen-bond donors (Lipinski definition) is 2. The highest BCUT2D eigenvalue weighted by Gasteiger charge is 2.22. The van der Waals surface area contributed by atoms with E-state index in [4.69, 9.17) is 0 Å². The molecule has 6 nitrogen and oxygen atoms in total. The molecule has 3 rings (SSSR count). The molecule has 0 aliphatic carbocycles. The maximum absolute atomic E-state index is 12.6. The molecule has 2 atom stereocenters. The van der Waals surface area contributed by atoms with E-state index in [2.05, 4.69) is 20.7 Å². The zero-order valence-corrected chi connectivity index (χ0v) is 17.6. The molecule has 150 valence electrons. The average Bonchev–Trinajstić information content (AvgIpc) is 3.09. The lowest BCUT2D eigenvalue weighted by Crippen LogP contribution is -2.37. The number of pyridine rings is 1. The summed E-state index contributed by atoms with van der Waals surface area (Å²) in [5.41, 5.74) is 4.06. The van der Waals surface area contributed by atoms with Crippen LogP contribution in [0, 0.1) is 0 Å². The van der Waals surface area contributed by atoms with E-state index in [1.165, 1.54) is 0 Å². The van der Waals surface area contributed by atoms with Crippen molar-refractivity contribution in [2.45, 2.75) is 19.0 Å². The Morgan fingerprint density at radius 2 is 1.75 bits per heavy atom. The lowest BCUT2D eigenvalue weighted by atomic mass is 10.0. The van der Waals surface area contributed by atoms with Gasteiger partial charge in [-0.15, -0.1) is 24.8 Å². The summed E-state index contributed by atoms with van der Waals surface area (Å²) in [7, 11) is 3.60. The maximum atomic E-state index is 12.6. The number of aryl methyl sites for hydroxylation is 1. The highest BCUT2D eigenvalue weighted by molar-refractivity contribution is 5.85. The van der Waals surface area contributed by atoms with Crippen LogP contribution in [0.15, 0.2) is 61.2 Å². The van der Waals surface area contributed by atoms with Crippen LogP contribution in [0.3, 0.4) is 0 Å². The maximum Gasteiger partial charge on any atom is 0.242 e. The Bertz CT molecular complexity index is 868. The smallest absolute Gasteiger partial charge is 0.242 e. The van der Waals surface area contributed by atoms with Gasteiger partial charge < -0.3 is 10.6 Å². The molecule has 2 heterocycles. The summed E-state index contributed by atoms with van der Waals surface area (Å²) in [6.45, 7) is 1.98. The van der Waals surface area contributed by atoms with Gasteiger partial charge in [-0.2, -0.15) is 5.10 Å². The largest absolute Gasteiger partial charge is 0.348 e. The summed E-state index contributed by atoms with van der Waals surface area (Å²) in [4.78, 5) is 16.8. The molecule has 1 aromatic carbocycles. The number of nitrogens with one attached hydrogen (secondary N) is 2. The van der Waals surface area contributed by atoms with Crippen LogP contribution in [-0.2, 0) is 11.8 Å². The molecular formula is C20H25Cl2N5O. The number of amides is 1. The van der Waals surface area contributed by atoms with Crippen molar-refractivity contribution in [2.24, 2.45) is 7.05 Å². The quantitative estimate of drug-likeness (QED) is 0.638.